The van der Waals surface area contributed by atoms with Crippen LogP contribution >= 0.6 is 0 Å². The minimum Gasteiger partial charge on any atom is -0.307 e. The van der Waals surface area contributed by atoms with E-state index >= 15 is 0 Å². The average Bonchev–Trinajstić information content (AvgIpc) is 2.29. The van der Waals surface area contributed by atoms with Gasteiger partial charge in [0.1, 0.15) is 0 Å². The van der Waals surface area contributed by atoms with E-state index < -0.39 is 0 Å². The summed E-state index contributed by atoms with van der Waals surface area (Å²) in [7, 11) is 0. The number of benzene rings is 1. The van der Waals surface area contributed by atoms with E-state index in [0.29, 0.717) is 18.0 Å². The summed E-state index contributed by atoms with van der Waals surface area (Å²) < 4.78 is 0. The quantitative estimate of drug-likeness (QED) is 0.742. The van der Waals surface area contributed by atoms with Crippen molar-refractivity contribution in [2.24, 2.45) is 5.92 Å². The summed E-state index contributed by atoms with van der Waals surface area (Å²) in [6.45, 7) is 8.56. The van der Waals surface area contributed by atoms with Gasteiger partial charge in [0, 0.05) is 12.1 Å². The lowest BCUT2D eigenvalue weighted by Crippen LogP contribution is -2.40. The van der Waals surface area contributed by atoms with Crippen LogP contribution in [0.5, 0.6) is 0 Å². The third-order valence-corrected chi connectivity index (χ3v) is 3.57. The van der Waals surface area contributed by atoms with E-state index in [1.807, 2.05) is 0 Å². The highest BCUT2D eigenvalue weighted by Gasteiger charge is 2.29. The first-order chi connectivity index (χ1) is 7.68. The van der Waals surface area contributed by atoms with Gasteiger partial charge in [0.15, 0.2) is 0 Å². The highest BCUT2D eigenvalue weighted by atomic mass is 15.0. The summed E-state index contributed by atoms with van der Waals surface area (Å²) in [5.41, 5.74) is 2.69. The van der Waals surface area contributed by atoms with E-state index in [1.165, 1.54) is 24.0 Å². The van der Waals surface area contributed by atoms with Gasteiger partial charge in [-0.3, -0.25) is 0 Å². The number of rotatable bonds is 2. The lowest BCUT2D eigenvalue weighted by Gasteiger charge is -2.37. The molecule has 1 fully saturated rings. The van der Waals surface area contributed by atoms with Gasteiger partial charge in [0.2, 0.25) is 0 Å². The first-order valence-corrected chi connectivity index (χ1v) is 6.15. The van der Waals surface area contributed by atoms with Crippen LogP contribution in [0.2, 0.25) is 0 Å². The van der Waals surface area contributed by atoms with Crippen LogP contribution in [0.1, 0.15) is 38.3 Å². The van der Waals surface area contributed by atoms with Crippen molar-refractivity contribution in [3.05, 3.63) is 48.0 Å². The van der Waals surface area contributed by atoms with Crippen LogP contribution in [0.3, 0.4) is 0 Å². The van der Waals surface area contributed by atoms with Crippen LogP contribution in [0, 0.1) is 5.92 Å². The lowest BCUT2D eigenvalue weighted by atomic mass is 9.80. The molecule has 1 N–H and O–H groups in total. The Balaban J connectivity index is 2.24. The highest BCUT2D eigenvalue weighted by molar-refractivity contribution is 5.23. The summed E-state index contributed by atoms with van der Waals surface area (Å²) in [6, 6.07) is 11.8. The predicted octanol–water partition coefficient (Wildman–Crippen LogP) is 3.69. The van der Waals surface area contributed by atoms with Crippen LogP contribution in [0.15, 0.2) is 42.5 Å². The summed E-state index contributed by atoms with van der Waals surface area (Å²) >= 11 is 0. The zero-order valence-corrected chi connectivity index (χ0v) is 10.2. The van der Waals surface area contributed by atoms with Crippen molar-refractivity contribution in [3.8, 4) is 0 Å². The van der Waals surface area contributed by atoms with E-state index in [2.05, 4.69) is 56.1 Å². The van der Waals surface area contributed by atoms with E-state index in [1.54, 1.807) is 0 Å². The molecule has 1 heterocycles. The van der Waals surface area contributed by atoms with Crippen molar-refractivity contribution in [1.82, 2.24) is 5.32 Å². The smallest absolute Gasteiger partial charge is 0.0388 e. The van der Waals surface area contributed by atoms with Gasteiger partial charge in [-0.05, 0) is 38.2 Å². The van der Waals surface area contributed by atoms with Crippen molar-refractivity contribution in [1.29, 1.82) is 0 Å². The average molecular weight is 215 g/mol. The van der Waals surface area contributed by atoms with Crippen LogP contribution in [-0.4, -0.2) is 6.04 Å². The Morgan fingerprint density at radius 1 is 1.25 bits per heavy atom. The second kappa shape index (κ2) is 4.84. The minimum atomic E-state index is 0.447. The number of nitrogens with one attached hydrogen (secondary N) is 1. The number of piperidine rings is 1. The molecule has 1 heteroatoms. The lowest BCUT2D eigenvalue weighted by molar-refractivity contribution is 0.271. The maximum absolute atomic E-state index is 4.14. The molecule has 1 nitrogen and oxygen atoms in total. The molecule has 1 aromatic carbocycles. The van der Waals surface area contributed by atoms with Crippen molar-refractivity contribution in [2.45, 2.75) is 38.8 Å². The molecule has 16 heavy (non-hydrogen) atoms. The zero-order valence-electron chi connectivity index (χ0n) is 10.2. The van der Waals surface area contributed by atoms with Crippen molar-refractivity contribution in [2.75, 3.05) is 0 Å². The molecule has 0 aliphatic carbocycles. The maximum atomic E-state index is 4.14. The number of hydrogen-bond acceptors (Lipinski definition) is 1. The molecule has 3 atom stereocenters. The first-order valence-electron chi connectivity index (χ1n) is 6.15. The van der Waals surface area contributed by atoms with Gasteiger partial charge in [-0.2, -0.15) is 0 Å². The molecule has 1 aliphatic heterocycles. The summed E-state index contributed by atoms with van der Waals surface area (Å²) in [6.07, 6.45) is 2.50. The molecule has 86 valence electrons. The SMILES string of the molecule is C=C(C)[C@@H]1CC[C@H](C)N[C@H]1c1ccccc1. The molecule has 1 aliphatic rings. The Morgan fingerprint density at radius 3 is 2.56 bits per heavy atom. The molecule has 0 bridgehead atoms. The first kappa shape index (κ1) is 11.4. The molecule has 0 aromatic heterocycles. The molecule has 0 spiro atoms. The molecule has 0 saturated carbocycles. The van der Waals surface area contributed by atoms with E-state index in [4.69, 9.17) is 0 Å². The number of hydrogen-bond donors (Lipinski definition) is 1. The van der Waals surface area contributed by atoms with Crippen molar-refractivity contribution < 1.29 is 0 Å². The highest BCUT2D eigenvalue weighted by Crippen LogP contribution is 2.35. The fourth-order valence-electron chi connectivity index (χ4n) is 2.62. The third kappa shape index (κ3) is 2.35. The van der Waals surface area contributed by atoms with Crippen molar-refractivity contribution >= 4 is 0 Å². The molecule has 0 unspecified atom stereocenters. The van der Waals surface area contributed by atoms with Gasteiger partial charge in [-0.25, -0.2) is 0 Å². The molecule has 2 rings (SSSR count). The van der Waals surface area contributed by atoms with Gasteiger partial charge in [0.25, 0.3) is 0 Å². The topological polar surface area (TPSA) is 12.0 Å². The molecule has 1 saturated heterocycles. The Morgan fingerprint density at radius 2 is 1.94 bits per heavy atom. The van der Waals surface area contributed by atoms with Crippen LogP contribution in [0.25, 0.3) is 0 Å². The van der Waals surface area contributed by atoms with Crippen LogP contribution in [-0.2, 0) is 0 Å². The van der Waals surface area contributed by atoms with Crippen LogP contribution in [0.4, 0.5) is 0 Å². The van der Waals surface area contributed by atoms with Gasteiger partial charge < -0.3 is 5.32 Å². The van der Waals surface area contributed by atoms with E-state index in [-0.39, 0.29) is 0 Å². The molecular weight excluding hydrogens is 194 g/mol. The van der Waals surface area contributed by atoms with E-state index in [9.17, 15) is 0 Å². The van der Waals surface area contributed by atoms with Gasteiger partial charge in [-0.1, -0.05) is 42.5 Å². The monoisotopic (exact) mass is 215 g/mol. The maximum Gasteiger partial charge on any atom is 0.0388 e. The summed E-state index contributed by atoms with van der Waals surface area (Å²) in [4.78, 5) is 0. The Kier molecular flexibility index (Phi) is 3.45. The van der Waals surface area contributed by atoms with E-state index in [0.717, 1.165) is 0 Å². The Hall–Kier alpha value is -1.08. The summed E-state index contributed by atoms with van der Waals surface area (Å²) in [5, 5.41) is 3.70. The van der Waals surface area contributed by atoms with Crippen LogP contribution < -0.4 is 5.32 Å². The van der Waals surface area contributed by atoms with Crippen molar-refractivity contribution in [3.63, 3.8) is 0 Å². The minimum absolute atomic E-state index is 0.447. The standard InChI is InChI=1S/C15H21N/c1-11(2)14-10-9-12(3)16-15(14)13-7-5-4-6-8-13/h4-8,12,14-16H,1,9-10H2,2-3H3/t12-,14-,15-/m0/s1. The molecule has 0 radical (unpaired) electrons. The third-order valence-electron chi connectivity index (χ3n) is 3.57. The largest absolute Gasteiger partial charge is 0.307 e. The Bertz CT molecular complexity index is 355. The molecular formula is C15H21N. The normalized spacial score (nSPS) is 30.0. The summed E-state index contributed by atoms with van der Waals surface area (Å²) in [5.74, 6) is 0.582. The zero-order chi connectivity index (χ0) is 11.5. The Labute approximate surface area is 98.6 Å². The fourth-order valence-corrected chi connectivity index (χ4v) is 2.62. The second-order valence-corrected chi connectivity index (χ2v) is 4.99. The van der Waals surface area contributed by atoms with Gasteiger partial charge in [-0.15, -0.1) is 0 Å². The molecule has 0 amide bonds. The molecule has 1 aromatic rings. The van der Waals surface area contributed by atoms with Gasteiger partial charge >= 0.3 is 0 Å². The fraction of sp³-hybridized carbons (Fsp3) is 0.467. The predicted molar refractivity (Wildman–Crippen MR) is 69.3 cm³/mol. The van der Waals surface area contributed by atoms with Gasteiger partial charge in [0.05, 0.1) is 0 Å². The second-order valence-electron chi connectivity index (χ2n) is 4.99.